The summed E-state index contributed by atoms with van der Waals surface area (Å²) in [5, 5.41) is 5.48. The van der Waals surface area contributed by atoms with Crippen LogP contribution < -0.4 is 16.4 Å². The molecule has 0 saturated heterocycles. The van der Waals surface area contributed by atoms with E-state index in [1.807, 2.05) is 13.8 Å². The first-order valence-corrected chi connectivity index (χ1v) is 6.40. The molecular formula is C14H21N3O2. The molecule has 5 nitrogen and oxygen atoms in total. The van der Waals surface area contributed by atoms with Gasteiger partial charge in [-0.1, -0.05) is 20.8 Å². The van der Waals surface area contributed by atoms with Crippen LogP contribution in [0.5, 0.6) is 0 Å². The summed E-state index contributed by atoms with van der Waals surface area (Å²) in [6, 6.07) is 6.42. The largest absolute Gasteiger partial charge is 0.326 e. The van der Waals surface area contributed by atoms with Crippen LogP contribution in [0.4, 0.5) is 11.4 Å². The van der Waals surface area contributed by atoms with Crippen molar-refractivity contribution in [1.29, 1.82) is 0 Å². The van der Waals surface area contributed by atoms with Crippen LogP contribution in [-0.2, 0) is 9.59 Å². The fourth-order valence-electron chi connectivity index (χ4n) is 1.41. The monoisotopic (exact) mass is 263 g/mol. The molecule has 0 heterocycles. The van der Waals surface area contributed by atoms with Gasteiger partial charge in [0.25, 0.3) is 0 Å². The zero-order chi connectivity index (χ0) is 14.4. The number of amides is 2. The second-order valence-electron chi connectivity index (χ2n) is 4.74. The number of anilines is 2. The van der Waals surface area contributed by atoms with E-state index in [0.717, 1.165) is 0 Å². The van der Waals surface area contributed by atoms with Crippen LogP contribution in [0.2, 0.25) is 0 Å². The molecule has 0 bridgehead atoms. The first kappa shape index (κ1) is 15.2. The summed E-state index contributed by atoms with van der Waals surface area (Å²) in [5.74, 6) is -0.165. The molecule has 0 saturated carbocycles. The zero-order valence-corrected chi connectivity index (χ0v) is 11.6. The number of hydrogen-bond donors (Lipinski definition) is 3. The summed E-state index contributed by atoms with van der Waals surface area (Å²) in [5.41, 5.74) is 7.12. The van der Waals surface area contributed by atoms with Gasteiger partial charge in [0.15, 0.2) is 0 Å². The Morgan fingerprint density at radius 3 is 2.00 bits per heavy atom. The molecule has 4 N–H and O–H groups in total. The Bertz CT molecular complexity index is 441. The first-order chi connectivity index (χ1) is 8.93. The number of nitrogens with one attached hydrogen (secondary N) is 2. The Morgan fingerprint density at radius 2 is 1.58 bits per heavy atom. The van der Waals surface area contributed by atoms with E-state index in [2.05, 4.69) is 10.6 Å². The lowest BCUT2D eigenvalue weighted by molar-refractivity contribution is -0.118. The van der Waals surface area contributed by atoms with Crippen LogP contribution in [0.25, 0.3) is 0 Å². The predicted octanol–water partition coefficient (Wildman–Crippen LogP) is 1.96. The molecule has 1 unspecified atom stereocenters. The van der Waals surface area contributed by atoms with Crippen molar-refractivity contribution in [3.63, 3.8) is 0 Å². The highest BCUT2D eigenvalue weighted by Gasteiger charge is 2.16. The van der Waals surface area contributed by atoms with Gasteiger partial charge in [-0.2, -0.15) is 0 Å². The highest BCUT2D eigenvalue weighted by Crippen LogP contribution is 2.14. The lowest BCUT2D eigenvalue weighted by atomic mass is 10.0. The molecule has 0 radical (unpaired) electrons. The molecule has 104 valence electrons. The van der Waals surface area contributed by atoms with Crippen LogP contribution >= 0.6 is 0 Å². The number of nitrogens with two attached hydrogens (primary N) is 1. The third-order valence-corrected chi connectivity index (χ3v) is 2.78. The van der Waals surface area contributed by atoms with E-state index in [9.17, 15) is 9.59 Å². The fraction of sp³-hybridized carbons (Fsp3) is 0.429. The number of carbonyl (C=O) groups excluding carboxylic acids is 2. The molecule has 0 aliphatic heterocycles. The molecule has 0 fully saturated rings. The summed E-state index contributed by atoms with van der Waals surface area (Å²) in [7, 11) is 0. The number of hydrogen-bond acceptors (Lipinski definition) is 3. The minimum absolute atomic E-state index is 0.0429. The molecule has 5 heteroatoms. The third-order valence-electron chi connectivity index (χ3n) is 2.78. The molecule has 1 atom stereocenters. The summed E-state index contributed by atoms with van der Waals surface area (Å²) in [6.45, 7) is 5.58. The highest BCUT2D eigenvalue weighted by molar-refractivity contribution is 5.95. The van der Waals surface area contributed by atoms with Gasteiger partial charge in [0.2, 0.25) is 11.8 Å². The van der Waals surface area contributed by atoms with Crippen LogP contribution in [0.1, 0.15) is 27.2 Å². The second-order valence-corrected chi connectivity index (χ2v) is 4.74. The van der Waals surface area contributed by atoms with Crippen LogP contribution in [0.3, 0.4) is 0 Å². The Morgan fingerprint density at radius 1 is 1.11 bits per heavy atom. The average Bonchev–Trinajstić information content (AvgIpc) is 2.39. The van der Waals surface area contributed by atoms with Crippen molar-refractivity contribution in [3.8, 4) is 0 Å². The van der Waals surface area contributed by atoms with E-state index >= 15 is 0 Å². The number of carbonyl (C=O) groups is 2. The average molecular weight is 263 g/mol. The van der Waals surface area contributed by atoms with Crippen molar-refractivity contribution in [3.05, 3.63) is 24.3 Å². The van der Waals surface area contributed by atoms with E-state index in [-0.39, 0.29) is 17.7 Å². The van der Waals surface area contributed by atoms with E-state index < -0.39 is 6.04 Å². The van der Waals surface area contributed by atoms with Gasteiger partial charge in [-0.25, -0.2) is 0 Å². The minimum Gasteiger partial charge on any atom is -0.326 e. The van der Waals surface area contributed by atoms with Gasteiger partial charge in [0.1, 0.15) is 0 Å². The van der Waals surface area contributed by atoms with Crippen molar-refractivity contribution in [1.82, 2.24) is 0 Å². The Balaban J connectivity index is 2.62. The quantitative estimate of drug-likeness (QED) is 0.759. The molecule has 1 aromatic carbocycles. The molecule has 0 aliphatic carbocycles. The summed E-state index contributed by atoms with van der Waals surface area (Å²) < 4.78 is 0. The van der Waals surface area contributed by atoms with E-state index in [0.29, 0.717) is 17.8 Å². The highest BCUT2D eigenvalue weighted by atomic mass is 16.2. The maximum absolute atomic E-state index is 11.8. The van der Waals surface area contributed by atoms with Gasteiger partial charge in [0.05, 0.1) is 6.04 Å². The number of rotatable bonds is 5. The fourth-order valence-corrected chi connectivity index (χ4v) is 1.41. The van der Waals surface area contributed by atoms with Crippen molar-refractivity contribution in [2.45, 2.75) is 33.2 Å². The molecular weight excluding hydrogens is 242 g/mol. The van der Waals surface area contributed by atoms with E-state index in [1.54, 1.807) is 31.2 Å². The normalized spacial score (nSPS) is 12.1. The SMILES string of the molecule is CCC(=O)Nc1ccc(NC(=O)C(N)C(C)C)cc1. The minimum atomic E-state index is -0.528. The molecule has 1 aromatic rings. The van der Waals surface area contributed by atoms with Gasteiger partial charge in [-0.15, -0.1) is 0 Å². The molecule has 0 aliphatic rings. The van der Waals surface area contributed by atoms with Crippen LogP contribution in [0.15, 0.2) is 24.3 Å². The van der Waals surface area contributed by atoms with E-state index in [1.165, 1.54) is 0 Å². The van der Waals surface area contributed by atoms with Crippen molar-refractivity contribution in [2.24, 2.45) is 11.7 Å². The summed E-state index contributed by atoms with van der Waals surface area (Å²) in [6.07, 6.45) is 0.432. The lowest BCUT2D eigenvalue weighted by Gasteiger charge is -2.15. The molecule has 0 aromatic heterocycles. The van der Waals surface area contributed by atoms with Gasteiger partial charge in [-0.05, 0) is 30.2 Å². The summed E-state index contributed by atoms with van der Waals surface area (Å²) >= 11 is 0. The van der Waals surface area contributed by atoms with Gasteiger partial charge in [-0.3, -0.25) is 9.59 Å². The van der Waals surface area contributed by atoms with Crippen LogP contribution in [-0.4, -0.2) is 17.9 Å². The zero-order valence-electron chi connectivity index (χ0n) is 11.6. The van der Waals surface area contributed by atoms with E-state index in [4.69, 9.17) is 5.73 Å². The number of benzene rings is 1. The molecule has 1 rings (SSSR count). The lowest BCUT2D eigenvalue weighted by Crippen LogP contribution is -2.39. The van der Waals surface area contributed by atoms with Crippen molar-refractivity contribution >= 4 is 23.2 Å². The third kappa shape index (κ3) is 4.71. The Kier molecular flexibility index (Phi) is 5.51. The predicted molar refractivity (Wildman–Crippen MR) is 76.8 cm³/mol. The van der Waals surface area contributed by atoms with Gasteiger partial charge in [0, 0.05) is 17.8 Å². The van der Waals surface area contributed by atoms with Crippen molar-refractivity contribution in [2.75, 3.05) is 10.6 Å². The maximum Gasteiger partial charge on any atom is 0.241 e. The standard InChI is InChI=1S/C14H21N3O2/c1-4-12(18)16-10-5-7-11(8-6-10)17-14(19)13(15)9(2)3/h5-9,13H,4,15H2,1-3H3,(H,16,18)(H,17,19). The molecule has 19 heavy (non-hydrogen) atoms. The second kappa shape index (κ2) is 6.89. The Hall–Kier alpha value is -1.88. The van der Waals surface area contributed by atoms with Gasteiger partial charge >= 0.3 is 0 Å². The van der Waals surface area contributed by atoms with Crippen molar-refractivity contribution < 1.29 is 9.59 Å². The Labute approximate surface area is 113 Å². The topological polar surface area (TPSA) is 84.2 Å². The first-order valence-electron chi connectivity index (χ1n) is 6.40. The van der Waals surface area contributed by atoms with Crippen LogP contribution in [0, 0.1) is 5.92 Å². The molecule has 0 spiro atoms. The smallest absolute Gasteiger partial charge is 0.241 e. The maximum atomic E-state index is 11.8. The summed E-state index contributed by atoms with van der Waals surface area (Å²) in [4.78, 5) is 23.0. The molecule has 2 amide bonds. The van der Waals surface area contributed by atoms with Gasteiger partial charge < -0.3 is 16.4 Å².